The maximum Gasteiger partial charge on any atom is 0.289 e. The Morgan fingerprint density at radius 3 is 2.73 bits per heavy atom. The highest BCUT2D eigenvalue weighted by molar-refractivity contribution is 5.91. The van der Waals surface area contributed by atoms with E-state index in [1.165, 1.54) is 0 Å². The molecular weight excluding hydrogens is 192 g/mol. The van der Waals surface area contributed by atoms with E-state index in [1.807, 2.05) is 13.8 Å². The van der Waals surface area contributed by atoms with E-state index in [1.54, 1.807) is 24.1 Å². The fraction of sp³-hybridized carbons (Fsp3) is 0.545. The number of amides is 1. The zero-order valence-electron chi connectivity index (χ0n) is 9.49. The number of carbonyl (C=O) groups excluding carboxylic acids is 1. The van der Waals surface area contributed by atoms with Crippen molar-refractivity contribution in [3.63, 3.8) is 0 Å². The molecule has 0 bridgehead atoms. The number of furan rings is 1. The molecule has 0 radical (unpaired) electrons. The van der Waals surface area contributed by atoms with Crippen LogP contribution in [0.2, 0.25) is 0 Å². The number of rotatable bonds is 4. The first-order valence-corrected chi connectivity index (χ1v) is 5.08. The Morgan fingerprint density at radius 1 is 1.60 bits per heavy atom. The van der Waals surface area contributed by atoms with Gasteiger partial charge < -0.3 is 15.1 Å². The lowest BCUT2D eigenvalue weighted by atomic mass is 10.2. The molecule has 0 aliphatic heterocycles. The van der Waals surface area contributed by atoms with Crippen molar-refractivity contribution in [1.82, 2.24) is 4.90 Å². The van der Waals surface area contributed by atoms with Gasteiger partial charge in [-0.3, -0.25) is 4.79 Å². The highest BCUT2D eigenvalue weighted by atomic mass is 16.3. The van der Waals surface area contributed by atoms with Crippen molar-refractivity contribution in [1.29, 1.82) is 0 Å². The average Bonchev–Trinajstić information content (AvgIpc) is 2.60. The second-order valence-corrected chi connectivity index (χ2v) is 3.90. The monoisotopic (exact) mass is 210 g/mol. The fourth-order valence-corrected chi connectivity index (χ4v) is 1.24. The van der Waals surface area contributed by atoms with Gasteiger partial charge in [-0.2, -0.15) is 0 Å². The van der Waals surface area contributed by atoms with Crippen molar-refractivity contribution < 1.29 is 9.21 Å². The Balaban J connectivity index is 2.53. The van der Waals surface area contributed by atoms with Crippen LogP contribution in [-0.2, 0) is 0 Å². The van der Waals surface area contributed by atoms with E-state index >= 15 is 0 Å². The largest absolute Gasteiger partial charge is 0.456 e. The molecule has 84 valence electrons. The molecule has 1 aromatic rings. The van der Waals surface area contributed by atoms with Crippen molar-refractivity contribution in [3.05, 3.63) is 23.7 Å². The van der Waals surface area contributed by atoms with Crippen molar-refractivity contribution in [3.8, 4) is 0 Å². The Labute approximate surface area is 90.0 Å². The van der Waals surface area contributed by atoms with Crippen LogP contribution in [0.15, 0.2) is 16.5 Å². The van der Waals surface area contributed by atoms with Crippen LogP contribution in [0.5, 0.6) is 0 Å². The molecular formula is C11H18N2O2. The average molecular weight is 210 g/mol. The molecule has 0 aliphatic rings. The number of carbonyl (C=O) groups is 1. The topological polar surface area (TPSA) is 59.5 Å². The first-order chi connectivity index (χ1) is 7.00. The third kappa shape index (κ3) is 3.40. The van der Waals surface area contributed by atoms with Gasteiger partial charge >= 0.3 is 0 Å². The van der Waals surface area contributed by atoms with Gasteiger partial charge in [0.25, 0.3) is 5.91 Å². The standard InChI is InChI=1S/C11H18N2O2/c1-8(12)6-7-13(3)11(14)10-5-4-9(2)15-10/h4-5,8H,6-7,12H2,1-3H3. The lowest BCUT2D eigenvalue weighted by Crippen LogP contribution is -2.31. The molecule has 0 aliphatic carbocycles. The molecule has 1 rings (SSSR count). The van der Waals surface area contributed by atoms with Crippen LogP contribution in [-0.4, -0.2) is 30.4 Å². The van der Waals surface area contributed by atoms with E-state index in [4.69, 9.17) is 10.2 Å². The molecule has 0 spiro atoms. The summed E-state index contributed by atoms with van der Waals surface area (Å²) in [5, 5.41) is 0. The zero-order valence-corrected chi connectivity index (χ0v) is 9.49. The molecule has 1 aromatic heterocycles. The molecule has 0 saturated carbocycles. The van der Waals surface area contributed by atoms with Crippen LogP contribution in [0.4, 0.5) is 0 Å². The van der Waals surface area contributed by atoms with E-state index in [-0.39, 0.29) is 11.9 Å². The number of nitrogens with two attached hydrogens (primary N) is 1. The molecule has 4 nitrogen and oxygen atoms in total. The molecule has 1 amide bonds. The van der Waals surface area contributed by atoms with Gasteiger partial charge in [0.15, 0.2) is 5.76 Å². The SMILES string of the molecule is Cc1ccc(C(=O)N(C)CCC(C)N)o1. The Kier molecular flexibility index (Phi) is 3.91. The third-order valence-corrected chi connectivity index (χ3v) is 2.22. The van der Waals surface area contributed by atoms with Gasteiger partial charge in [0.2, 0.25) is 0 Å². The molecule has 1 unspecified atom stereocenters. The second kappa shape index (κ2) is 4.98. The molecule has 0 aromatic carbocycles. The van der Waals surface area contributed by atoms with Crippen LogP contribution in [0.3, 0.4) is 0 Å². The third-order valence-electron chi connectivity index (χ3n) is 2.22. The number of hydrogen-bond acceptors (Lipinski definition) is 3. The molecule has 0 fully saturated rings. The van der Waals surface area contributed by atoms with Crippen molar-refractivity contribution in [2.75, 3.05) is 13.6 Å². The number of aryl methyl sites for hydroxylation is 1. The van der Waals surface area contributed by atoms with Crippen molar-refractivity contribution in [2.45, 2.75) is 26.3 Å². The van der Waals surface area contributed by atoms with Crippen LogP contribution in [0.1, 0.15) is 29.7 Å². The molecule has 4 heteroatoms. The molecule has 0 saturated heterocycles. The molecule has 15 heavy (non-hydrogen) atoms. The highest BCUT2D eigenvalue weighted by Gasteiger charge is 2.14. The van der Waals surface area contributed by atoms with Crippen LogP contribution >= 0.6 is 0 Å². The summed E-state index contributed by atoms with van der Waals surface area (Å²) in [7, 11) is 1.75. The Morgan fingerprint density at radius 2 is 2.27 bits per heavy atom. The van der Waals surface area contributed by atoms with Crippen molar-refractivity contribution in [2.24, 2.45) is 5.73 Å². The van der Waals surface area contributed by atoms with E-state index in [0.29, 0.717) is 12.3 Å². The van der Waals surface area contributed by atoms with Crippen LogP contribution in [0.25, 0.3) is 0 Å². The lowest BCUT2D eigenvalue weighted by molar-refractivity contribution is 0.0759. The summed E-state index contributed by atoms with van der Waals surface area (Å²) in [4.78, 5) is 13.4. The molecule has 1 atom stereocenters. The molecule has 1 heterocycles. The predicted octanol–water partition coefficient (Wildman–Crippen LogP) is 1.40. The predicted molar refractivity (Wildman–Crippen MR) is 58.7 cm³/mol. The van der Waals surface area contributed by atoms with Gasteiger partial charge in [0.1, 0.15) is 5.76 Å². The number of hydrogen-bond donors (Lipinski definition) is 1. The second-order valence-electron chi connectivity index (χ2n) is 3.90. The first kappa shape index (κ1) is 11.8. The zero-order chi connectivity index (χ0) is 11.4. The number of nitrogens with zero attached hydrogens (tertiary/aromatic N) is 1. The van der Waals surface area contributed by atoms with Crippen LogP contribution < -0.4 is 5.73 Å². The maximum atomic E-state index is 11.8. The minimum Gasteiger partial charge on any atom is -0.456 e. The van der Waals surface area contributed by atoms with Gasteiger partial charge in [0, 0.05) is 19.6 Å². The van der Waals surface area contributed by atoms with Gasteiger partial charge in [-0.05, 0) is 32.4 Å². The summed E-state index contributed by atoms with van der Waals surface area (Å²) >= 11 is 0. The van der Waals surface area contributed by atoms with Crippen LogP contribution in [0, 0.1) is 6.92 Å². The summed E-state index contributed by atoms with van der Waals surface area (Å²) in [5.41, 5.74) is 5.62. The smallest absolute Gasteiger partial charge is 0.289 e. The normalized spacial score (nSPS) is 12.5. The highest BCUT2D eigenvalue weighted by Crippen LogP contribution is 2.09. The minimum absolute atomic E-state index is 0.0937. The maximum absolute atomic E-state index is 11.8. The van der Waals surface area contributed by atoms with E-state index in [0.717, 1.165) is 12.2 Å². The summed E-state index contributed by atoms with van der Waals surface area (Å²) in [6.07, 6.45) is 0.794. The van der Waals surface area contributed by atoms with E-state index in [2.05, 4.69) is 0 Å². The van der Waals surface area contributed by atoms with Gasteiger partial charge in [-0.15, -0.1) is 0 Å². The van der Waals surface area contributed by atoms with E-state index < -0.39 is 0 Å². The molecule has 2 N–H and O–H groups in total. The summed E-state index contributed by atoms with van der Waals surface area (Å²) in [6.45, 7) is 4.39. The Bertz CT molecular complexity index is 331. The van der Waals surface area contributed by atoms with Gasteiger partial charge in [-0.1, -0.05) is 0 Å². The summed E-state index contributed by atoms with van der Waals surface area (Å²) in [6, 6.07) is 3.59. The summed E-state index contributed by atoms with van der Waals surface area (Å²) < 4.78 is 5.25. The summed E-state index contributed by atoms with van der Waals surface area (Å²) in [5.74, 6) is 1.04. The van der Waals surface area contributed by atoms with Gasteiger partial charge in [-0.25, -0.2) is 0 Å². The quantitative estimate of drug-likeness (QED) is 0.817. The Hall–Kier alpha value is -1.29. The van der Waals surface area contributed by atoms with E-state index in [9.17, 15) is 4.79 Å². The fourth-order valence-electron chi connectivity index (χ4n) is 1.24. The minimum atomic E-state index is -0.0937. The lowest BCUT2D eigenvalue weighted by Gasteiger charge is -2.16. The van der Waals surface area contributed by atoms with Gasteiger partial charge in [0.05, 0.1) is 0 Å². The van der Waals surface area contributed by atoms with Crippen molar-refractivity contribution >= 4 is 5.91 Å². The first-order valence-electron chi connectivity index (χ1n) is 5.08.